The van der Waals surface area contributed by atoms with E-state index in [-0.39, 0.29) is 5.71 Å². The van der Waals surface area contributed by atoms with Gasteiger partial charge in [0, 0.05) is 23.3 Å². The number of anilines is 1. The third-order valence-corrected chi connectivity index (χ3v) is 3.89. The Morgan fingerprint density at radius 1 is 1.00 bits per heavy atom. The van der Waals surface area contributed by atoms with Crippen molar-refractivity contribution in [2.75, 3.05) is 19.5 Å². The molecular formula is C20H19N3O4. The monoisotopic (exact) mass is 365 g/mol. The number of hydrogen-bond donors (Lipinski definition) is 2. The van der Waals surface area contributed by atoms with E-state index < -0.39 is 5.91 Å². The number of benzene rings is 2. The topological polar surface area (TPSA) is 93.5 Å². The molecule has 0 aliphatic heterocycles. The van der Waals surface area contributed by atoms with E-state index in [0.717, 1.165) is 10.9 Å². The lowest BCUT2D eigenvalue weighted by Crippen LogP contribution is -2.18. The third kappa shape index (κ3) is 3.98. The van der Waals surface area contributed by atoms with Crippen LogP contribution in [-0.2, 0) is 4.79 Å². The Morgan fingerprint density at radius 2 is 1.67 bits per heavy atom. The lowest BCUT2D eigenvalue weighted by Gasteiger charge is -2.12. The lowest BCUT2D eigenvalue weighted by molar-refractivity contribution is -0.110. The van der Waals surface area contributed by atoms with Crippen LogP contribution >= 0.6 is 0 Å². The summed E-state index contributed by atoms with van der Waals surface area (Å²) >= 11 is 0. The van der Waals surface area contributed by atoms with E-state index in [1.165, 1.54) is 6.92 Å². The van der Waals surface area contributed by atoms with Crippen LogP contribution < -0.4 is 19.5 Å². The molecular weight excluding hydrogens is 346 g/mol. The van der Waals surface area contributed by atoms with Gasteiger partial charge in [-0.15, -0.1) is 0 Å². The quantitative estimate of drug-likeness (QED) is 0.644. The Labute approximate surface area is 156 Å². The van der Waals surface area contributed by atoms with Crippen molar-refractivity contribution in [2.45, 2.75) is 6.92 Å². The van der Waals surface area contributed by atoms with Gasteiger partial charge < -0.3 is 19.5 Å². The summed E-state index contributed by atoms with van der Waals surface area (Å²) in [6, 6.07) is 12.3. The van der Waals surface area contributed by atoms with Gasteiger partial charge in [0.2, 0.25) is 0 Å². The molecule has 0 saturated heterocycles. The maximum absolute atomic E-state index is 11.6. The van der Waals surface area contributed by atoms with Gasteiger partial charge in [0.1, 0.15) is 11.5 Å². The number of amides is 1. The van der Waals surface area contributed by atoms with Gasteiger partial charge >= 0.3 is 0 Å². The summed E-state index contributed by atoms with van der Waals surface area (Å²) in [6.07, 6.45) is 1.66. The molecule has 1 amide bonds. The van der Waals surface area contributed by atoms with Crippen LogP contribution in [0.5, 0.6) is 23.0 Å². The summed E-state index contributed by atoms with van der Waals surface area (Å²) < 4.78 is 16.6. The first-order chi connectivity index (χ1) is 13.0. The molecule has 2 aromatic carbocycles. The van der Waals surface area contributed by atoms with Crippen LogP contribution in [0.3, 0.4) is 0 Å². The van der Waals surface area contributed by atoms with Gasteiger partial charge in [-0.05, 0) is 43.3 Å². The molecule has 7 nitrogen and oxygen atoms in total. The molecule has 1 heterocycles. The minimum atomic E-state index is -0.440. The Kier molecular flexibility index (Phi) is 5.21. The fraction of sp³-hybridized carbons (Fsp3) is 0.150. The molecule has 27 heavy (non-hydrogen) atoms. The summed E-state index contributed by atoms with van der Waals surface area (Å²) in [5, 5.41) is 10.7. The van der Waals surface area contributed by atoms with E-state index in [4.69, 9.17) is 19.6 Å². The predicted molar refractivity (Wildman–Crippen MR) is 103 cm³/mol. The zero-order valence-electron chi connectivity index (χ0n) is 15.2. The van der Waals surface area contributed by atoms with Crippen molar-refractivity contribution in [1.82, 2.24) is 4.98 Å². The van der Waals surface area contributed by atoms with Gasteiger partial charge in [-0.25, -0.2) is 0 Å². The SMILES string of the molecule is COc1cc2nccc(Oc3ccc(NC(=O)C(C)=N)cc3)c2cc1OC. The van der Waals surface area contributed by atoms with Gasteiger partial charge in [0.25, 0.3) is 5.91 Å². The number of hydrogen-bond acceptors (Lipinski definition) is 6. The normalized spacial score (nSPS) is 10.3. The van der Waals surface area contributed by atoms with E-state index in [1.807, 2.05) is 6.07 Å². The molecule has 2 N–H and O–H groups in total. The zero-order chi connectivity index (χ0) is 19.4. The van der Waals surface area contributed by atoms with Crippen molar-refractivity contribution in [3.63, 3.8) is 0 Å². The van der Waals surface area contributed by atoms with E-state index in [1.54, 1.807) is 56.8 Å². The van der Waals surface area contributed by atoms with E-state index >= 15 is 0 Å². The molecule has 7 heteroatoms. The molecule has 138 valence electrons. The van der Waals surface area contributed by atoms with Crippen molar-refractivity contribution in [3.8, 4) is 23.0 Å². The van der Waals surface area contributed by atoms with Crippen LogP contribution in [0.25, 0.3) is 10.9 Å². The number of carbonyl (C=O) groups excluding carboxylic acids is 1. The fourth-order valence-electron chi connectivity index (χ4n) is 2.49. The molecule has 3 aromatic rings. The number of fused-ring (bicyclic) bond motifs is 1. The minimum Gasteiger partial charge on any atom is -0.493 e. The Morgan fingerprint density at radius 3 is 2.30 bits per heavy atom. The maximum atomic E-state index is 11.6. The van der Waals surface area contributed by atoms with Crippen molar-refractivity contribution in [3.05, 3.63) is 48.7 Å². The van der Waals surface area contributed by atoms with Crippen LogP contribution in [-0.4, -0.2) is 30.8 Å². The third-order valence-electron chi connectivity index (χ3n) is 3.89. The average molecular weight is 365 g/mol. The first kappa shape index (κ1) is 18.2. The first-order valence-corrected chi connectivity index (χ1v) is 8.17. The Bertz CT molecular complexity index is 1000. The van der Waals surface area contributed by atoms with Crippen molar-refractivity contribution >= 4 is 28.2 Å². The maximum Gasteiger partial charge on any atom is 0.269 e. The molecule has 3 rings (SSSR count). The molecule has 1 aromatic heterocycles. The number of aromatic nitrogens is 1. The zero-order valence-corrected chi connectivity index (χ0v) is 15.2. The Balaban J connectivity index is 1.88. The number of pyridine rings is 1. The number of carbonyl (C=O) groups is 1. The summed E-state index contributed by atoms with van der Waals surface area (Å²) in [5.74, 6) is 1.96. The summed E-state index contributed by atoms with van der Waals surface area (Å²) in [6.45, 7) is 1.44. The molecule has 0 atom stereocenters. The van der Waals surface area contributed by atoms with Crippen molar-refractivity contribution in [1.29, 1.82) is 5.41 Å². The van der Waals surface area contributed by atoms with E-state index in [0.29, 0.717) is 28.7 Å². The average Bonchev–Trinajstić information content (AvgIpc) is 2.68. The van der Waals surface area contributed by atoms with Crippen molar-refractivity contribution < 1.29 is 19.0 Å². The molecule has 0 aliphatic carbocycles. The number of rotatable bonds is 6. The largest absolute Gasteiger partial charge is 0.493 e. The van der Waals surface area contributed by atoms with Crippen molar-refractivity contribution in [2.24, 2.45) is 0 Å². The standard InChI is InChI=1S/C20H19N3O4/c1-12(21)20(24)23-13-4-6-14(7-5-13)27-17-8-9-22-16-11-19(26-3)18(25-2)10-15(16)17/h4-11,21H,1-3H3,(H,23,24). The van der Waals surface area contributed by atoms with Crippen LogP contribution in [0.1, 0.15) is 6.92 Å². The highest BCUT2D eigenvalue weighted by Gasteiger charge is 2.11. The lowest BCUT2D eigenvalue weighted by atomic mass is 10.2. The molecule has 0 unspecified atom stereocenters. The summed E-state index contributed by atoms with van der Waals surface area (Å²) in [7, 11) is 3.15. The van der Waals surface area contributed by atoms with E-state index in [2.05, 4.69) is 10.3 Å². The van der Waals surface area contributed by atoms with Crippen LogP contribution in [0.15, 0.2) is 48.7 Å². The molecule has 0 spiro atoms. The summed E-state index contributed by atoms with van der Waals surface area (Å²) in [4.78, 5) is 15.9. The van der Waals surface area contributed by atoms with Crippen LogP contribution in [0.4, 0.5) is 5.69 Å². The molecule has 0 radical (unpaired) electrons. The smallest absolute Gasteiger partial charge is 0.269 e. The molecule has 0 saturated carbocycles. The number of methoxy groups -OCH3 is 2. The van der Waals surface area contributed by atoms with Crippen LogP contribution in [0, 0.1) is 5.41 Å². The van der Waals surface area contributed by atoms with Gasteiger partial charge in [-0.2, -0.15) is 0 Å². The second-order valence-corrected chi connectivity index (χ2v) is 5.74. The number of ether oxygens (including phenoxy) is 3. The Hall–Kier alpha value is -3.61. The van der Waals surface area contributed by atoms with Gasteiger partial charge in [0.05, 0.1) is 25.4 Å². The van der Waals surface area contributed by atoms with Crippen LogP contribution in [0.2, 0.25) is 0 Å². The number of nitrogens with one attached hydrogen (secondary N) is 2. The van der Waals surface area contributed by atoms with E-state index in [9.17, 15) is 4.79 Å². The highest BCUT2D eigenvalue weighted by Crippen LogP contribution is 2.36. The second kappa shape index (κ2) is 7.74. The fourth-order valence-corrected chi connectivity index (χ4v) is 2.49. The predicted octanol–water partition coefficient (Wildman–Crippen LogP) is 4.02. The number of nitrogens with zero attached hydrogens (tertiary/aromatic N) is 1. The summed E-state index contributed by atoms with van der Waals surface area (Å²) in [5.41, 5.74) is 1.25. The highest BCUT2D eigenvalue weighted by atomic mass is 16.5. The van der Waals surface area contributed by atoms with Gasteiger partial charge in [-0.3, -0.25) is 15.2 Å². The molecule has 0 aliphatic rings. The van der Waals surface area contributed by atoms with Gasteiger partial charge in [-0.1, -0.05) is 0 Å². The first-order valence-electron chi connectivity index (χ1n) is 8.17. The van der Waals surface area contributed by atoms with Gasteiger partial charge in [0.15, 0.2) is 11.5 Å². The minimum absolute atomic E-state index is 0.0528. The highest BCUT2D eigenvalue weighted by molar-refractivity contribution is 6.41. The molecule has 0 bridgehead atoms. The molecule has 0 fully saturated rings. The second-order valence-electron chi connectivity index (χ2n) is 5.74.